The van der Waals surface area contributed by atoms with E-state index in [0.29, 0.717) is 16.1 Å². The molecule has 0 saturated carbocycles. The van der Waals surface area contributed by atoms with Gasteiger partial charge in [0.05, 0.1) is 5.56 Å². The molecule has 0 saturated heterocycles. The number of ketones is 1. The molecule has 0 unspecified atom stereocenters. The minimum absolute atomic E-state index is 0.236. The molecule has 2 aromatic carbocycles. The predicted molar refractivity (Wildman–Crippen MR) is 77.2 cm³/mol. The number of hydrogen-bond donors (Lipinski definition) is 0. The number of aryl methyl sites for hydroxylation is 1. The first-order chi connectivity index (χ1) is 9.56. The lowest BCUT2D eigenvalue weighted by molar-refractivity contribution is 0.0475. The largest absolute Gasteiger partial charge is 0.454 e. The fourth-order valence-corrected chi connectivity index (χ4v) is 1.84. The SMILES string of the molecule is Cc1ccc(C(=O)COC(=O)c2cccc(Cl)c2)cc1. The first-order valence-corrected chi connectivity index (χ1v) is 6.46. The van der Waals surface area contributed by atoms with Crippen LogP contribution in [0, 0.1) is 6.92 Å². The summed E-state index contributed by atoms with van der Waals surface area (Å²) in [7, 11) is 0. The fourth-order valence-electron chi connectivity index (χ4n) is 1.65. The summed E-state index contributed by atoms with van der Waals surface area (Å²) in [4.78, 5) is 23.6. The lowest BCUT2D eigenvalue weighted by Gasteiger charge is -2.05. The molecule has 0 heterocycles. The zero-order valence-electron chi connectivity index (χ0n) is 10.9. The Morgan fingerprint density at radius 3 is 2.40 bits per heavy atom. The van der Waals surface area contributed by atoms with Gasteiger partial charge in [0.25, 0.3) is 0 Å². The highest BCUT2D eigenvalue weighted by molar-refractivity contribution is 6.30. The highest BCUT2D eigenvalue weighted by Crippen LogP contribution is 2.12. The van der Waals surface area contributed by atoms with E-state index in [1.54, 1.807) is 30.3 Å². The number of benzene rings is 2. The molecule has 0 atom stereocenters. The Morgan fingerprint density at radius 1 is 1.05 bits per heavy atom. The summed E-state index contributed by atoms with van der Waals surface area (Å²) in [5, 5.41) is 0.448. The van der Waals surface area contributed by atoms with Crippen molar-refractivity contribution in [1.29, 1.82) is 0 Å². The van der Waals surface area contributed by atoms with Crippen LogP contribution in [0.4, 0.5) is 0 Å². The molecule has 4 heteroatoms. The van der Waals surface area contributed by atoms with Gasteiger partial charge in [-0.2, -0.15) is 0 Å². The van der Waals surface area contributed by atoms with E-state index in [0.717, 1.165) is 5.56 Å². The Kier molecular flexibility index (Phi) is 4.53. The number of ether oxygens (including phenoxy) is 1. The Bertz CT molecular complexity index is 632. The molecule has 0 radical (unpaired) electrons. The number of hydrogen-bond acceptors (Lipinski definition) is 3. The normalized spacial score (nSPS) is 10.1. The van der Waals surface area contributed by atoms with Crippen LogP contribution in [-0.4, -0.2) is 18.4 Å². The van der Waals surface area contributed by atoms with Gasteiger partial charge in [-0.3, -0.25) is 4.79 Å². The zero-order chi connectivity index (χ0) is 14.5. The summed E-state index contributed by atoms with van der Waals surface area (Å²) in [6.07, 6.45) is 0. The number of esters is 1. The van der Waals surface area contributed by atoms with Gasteiger partial charge < -0.3 is 4.74 Å². The van der Waals surface area contributed by atoms with Crippen LogP contribution in [0.1, 0.15) is 26.3 Å². The summed E-state index contributed by atoms with van der Waals surface area (Å²) in [6, 6.07) is 13.5. The summed E-state index contributed by atoms with van der Waals surface area (Å²) in [5.41, 5.74) is 1.92. The van der Waals surface area contributed by atoms with E-state index < -0.39 is 5.97 Å². The molecule has 0 fully saturated rings. The van der Waals surface area contributed by atoms with Gasteiger partial charge in [0, 0.05) is 10.6 Å². The van der Waals surface area contributed by atoms with Crippen molar-refractivity contribution >= 4 is 23.4 Å². The van der Waals surface area contributed by atoms with Gasteiger partial charge >= 0.3 is 5.97 Å². The molecule has 0 bridgehead atoms. The van der Waals surface area contributed by atoms with E-state index in [1.165, 1.54) is 6.07 Å². The van der Waals surface area contributed by atoms with Gasteiger partial charge in [-0.25, -0.2) is 4.79 Å². The monoisotopic (exact) mass is 288 g/mol. The standard InChI is InChI=1S/C16H13ClO3/c1-11-5-7-12(8-6-11)15(18)10-20-16(19)13-3-2-4-14(17)9-13/h2-9H,10H2,1H3. The first-order valence-electron chi connectivity index (χ1n) is 6.09. The highest BCUT2D eigenvalue weighted by Gasteiger charge is 2.11. The average molecular weight is 289 g/mol. The maximum atomic E-state index is 11.9. The lowest BCUT2D eigenvalue weighted by Crippen LogP contribution is -2.14. The van der Waals surface area contributed by atoms with Crippen LogP contribution >= 0.6 is 11.6 Å². The molecule has 102 valence electrons. The summed E-state index contributed by atoms with van der Waals surface area (Å²) >= 11 is 5.79. The molecule has 0 amide bonds. The third kappa shape index (κ3) is 3.68. The molecular formula is C16H13ClO3. The van der Waals surface area contributed by atoms with Gasteiger partial charge in [-0.05, 0) is 25.1 Å². The minimum atomic E-state index is -0.562. The number of carbonyl (C=O) groups excluding carboxylic acids is 2. The molecule has 0 aliphatic carbocycles. The summed E-state index contributed by atoms with van der Waals surface area (Å²) < 4.78 is 4.98. The second kappa shape index (κ2) is 6.35. The second-order valence-electron chi connectivity index (χ2n) is 4.38. The molecule has 2 aromatic rings. The van der Waals surface area contributed by atoms with Crippen LogP contribution < -0.4 is 0 Å². The molecule has 0 N–H and O–H groups in total. The van der Waals surface area contributed by atoms with Gasteiger partial charge in [0.15, 0.2) is 12.4 Å². The maximum absolute atomic E-state index is 11.9. The van der Waals surface area contributed by atoms with Gasteiger partial charge in [0.1, 0.15) is 0 Å². The topological polar surface area (TPSA) is 43.4 Å². The van der Waals surface area contributed by atoms with Crippen LogP contribution in [-0.2, 0) is 4.74 Å². The smallest absolute Gasteiger partial charge is 0.338 e. The van der Waals surface area contributed by atoms with Crippen molar-refractivity contribution in [3.8, 4) is 0 Å². The number of carbonyl (C=O) groups is 2. The van der Waals surface area contributed by atoms with Crippen LogP contribution in [0.3, 0.4) is 0 Å². The molecule has 0 aliphatic rings. The van der Waals surface area contributed by atoms with Crippen LogP contribution in [0.2, 0.25) is 5.02 Å². The maximum Gasteiger partial charge on any atom is 0.338 e. The molecule has 0 aliphatic heterocycles. The molecule has 0 aromatic heterocycles. The average Bonchev–Trinajstić information content (AvgIpc) is 2.45. The van der Waals surface area contributed by atoms with Gasteiger partial charge in [0.2, 0.25) is 0 Å². The van der Waals surface area contributed by atoms with E-state index in [1.807, 2.05) is 19.1 Å². The number of halogens is 1. The van der Waals surface area contributed by atoms with E-state index >= 15 is 0 Å². The van der Waals surface area contributed by atoms with Gasteiger partial charge in [-0.15, -0.1) is 0 Å². The highest BCUT2D eigenvalue weighted by atomic mass is 35.5. The van der Waals surface area contributed by atoms with E-state index in [4.69, 9.17) is 16.3 Å². The van der Waals surface area contributed by atoms with Crippen molar-refractivity contribution in [2.75, 3.05) is 6.61 Å². The van der Waals surface area contributed by atoms with Crippen molar-refractivity contribution in [2.24, 2.45) is 0 Å². The third-order valence-corrected chi connectivity index (χ3v) is 3.00. The number of Topliss-reactive ketones (excluding diaryl/α,β-unsaturated/α-hetero) is 1. The Labute approximate surface area is 122 Å². The van der Waals surface area contributed by atoms with Crippen LogP contribution in [0.25, 0.3) is 0 Å². The van der Waals surface area contributed by atoms with Crippen molar-refractivity contribution in [1.82, 2.24) is 0 Å². The van der Waals surface area contributed by atoms with Crippen LogP contribution in [0.5, 0.6) is 0 Å². The summed E-state index contributed by atoms with van der Waals surface area (Å²) in [6.45, 7) is 1.65. The van der Waals surface area contributed by atoms with Crippen molar-refractivity contribution in [3.63, 3.8) is 0 Å². The van der Waals surface area contributed by atoms with E-state index in [-0.39, 0.29) is 12.4 Å². The van der Waals surface area contributed by atoms with Crippen molar-refractivity contribution in [3.05, 3.63) is 70.2 Å². The third-order valence-electron chi connectivity index (χ3n) is 2.77. The predicted octanol–water partition coefficient (Wildman–Crippen LogP) is 3.69. The molecule has 2 rings (SSSR count). The lowest BCUT2D eigenvalue weighted by atomic mass is 10.1. The first kappa shape index (κ1) is 14.3. The van der Waals surface area contributed by atoms with Crippen LogP contribution in [0.15, 0.2) is 48.5 Å². The van der Waals surface area contributed by atoms with Crippen molar-refractivity contribution in [2.45, 2.75) is 6.92 Å². The molecule has 0 spiro atoms. The van der Waals surface area contributed by atoms with E-state index in [9.17, 15) is 9.59 Å². The zero-order valence-corrected chi connectivity index (χ0v) is 11.7. The second-order valence-corrected chi connectivity index (χ2v) is 4.81. The van der Waals surface area contributed by atoms with Gasteiger partial charge in [-0.1, -0.05) is 47.5 Å². The Balaban J connectivity index is 1.96. The Hall–Kier alpha value is -2.13. The minimum Gasteiger partial charge on any atom is -0.454 e. The quantitative estimate of drug-likeness (QED) is 0.636. The van der Waals surface area contributed by atoms with Crippen molar-refractivity contribution < 1.29 is 14.3 Å². The summed E-state index contributed by atoms with van der Waals surface area (Å²) in [5.74, 6) is -0.798. The fraction of sp³-hybridized carbons (Fsp3) is 0.125. The number of rotatable bonds is 4. The molecule has 20 heavy (non-hydrogen) atoms. The molecular weight excluding hydrogens is 276 g/mol. The Morgan fingerprint density at radius 2 is 1.75 bits per heavy atom. The van der Waals surface area contributed by atoms with E-state index in [2.05, 4.69) is 0 Å². The molecule has 3 nitrogen and oxygen atoms in total.